The fraction of sp³-hybridized carbons (Fsp3) is 0.562. The number of likely N-dealkylation sites (tertiary alicyclic amines) is 1. The van der Waals surface area contributed by atoms with Gasteiger partial charge in [0.1, 0.15) is 0 Å². The molecule has 1 aliphatic rings. The third kappa shape index (κ3) is 2.54. The van der Waals surface area contributed by atoms with Gasteiger partial charge in [-0.1, -0.05) is 19.1 Å². The number of aromatic nitrogens is 2. The first-order chi connectivity index (χ1) is 9.69. The largest absolute Gasteiger partial charge is 0.330 e. The Labute approximate surface area is 125 Å². The lowest BCUT2D eigenvalue weighted by atomic mass is 9.96. The van der Waals surface area contributed by atoms with Crippen LogP contribution in [0.2, 0.25) is 0 Å². The van der Waals surface area contributed by atoms with Gasteiger partial charge in [0, 0.05) is 6.54 Å². The van der Waals surface area contributed by atoms with Gasteiger partial charge < -0.3 is 14.5 Å². The lowest BCUT2D eigenvalue weighted by Gasteiger charge is -2.31. The van der Waals surface area contributed by atoms with Crippen LogP contribution in [0.25, 0.3) is 11.0 Å². The van der Waals surface area contributed by atoms with E-state index >= 15 is 0 Å². The second-order valence-corrected chi connectivity index (χ2v) is 6.27. The van der Waals surface area contributed by atoms with Crippen LogP contribution in [-0.2, 0) is 6.54 Å². The molecule has 1 saturated heterocycles. The second kappa shape index (κ2) is 5.70. The summed E-state index contributed by atoms with van der Waals surface area (Å²) in [6, 6.07) is 6.43. The molecule has 0 atom stereocenters. The molecular weight excluding hydrogens is 266 g/mol. The van der Waals surface area contributed by atoms with E-state index in [-0.39, 0.29) is 0 Å². The van der Waals surface area contributed by atoms with Crippen molar-refractivity contribution < 1.29 is 0 Å². The molecule has 1 aromatic heterocycles. The van der Waals surface area contributed by atoms with E-state index in [0.717, 1.165) is 17.2 Å². The second-order valence-electron chi connectivity index (χ2n) is 5.89. The molecule has 1 N–H and O–H groups in total. The summed E-state index contributed by atoms with van der Waals surface area (Å²) in [4.78, 5) is 5.91. The zero-order chi connectivity index (χ0) is 14.1. The first-order valence-electron chi connectivity index (χ1n) is 7.59. The molecule has 0 unspecified atom stereocenters. The number of benzene rings is 1. The predicted octanol–water partition coefficient (Wildman–Crippen LogP) is 3.74. The number of nitrogens with zero attached hydrogens (tertiary/aromatic N) is 2. The van der Waals surface area contributed by atoms with Crippen LogP contribution in [0.5, 0.6) is 0 Å². The number of aryl methyl sites for hydroxylation is 1. The maximum atomic E-state index is 5.52. The Morgan fingerprint density at radius 2 is 2.05 bits per heavy atom. The summed E-state index contributed by atoms with van der Waals surface area (Å²) < 4.78 is 3.16. The topological polar surface area (TPSA) is 24.0 Å². The van der Waals surface area contributed by atoms with Crippen molar-refractivity contribution in [1.82, 2.24) is 14.5 Å². The highest BCUT2D eigenvalue weighted by Crippen LogP contribution is 2.23. The highest BCUT2D eigenvalue weighted by molar-refractivity contribution is 7.71. The van der Waals surface area contributed by atoms with E-state index in [1.807, 2.05) is 0 Å². The molecule has 3 nitrogen and oxygen atoms in total. The highest BCUT2D eigenvalue weighted by atomic mass is 32.1. The van der Waals surface area contributed by atoms with Crippen molar-refractivity contribution >= 4 is 23.3 Å². The first-order valence-corrected chi connectivity index (χ1v) is 8.00. The van der Waals surface area contributed by atoms with Gasteiger partial charge in [-0.05, 0) is 69.2 Å². The van der Waals surface area contributed by atoms with Crippen LogP contribution in [0.3, 0.4) is 0 Å². The van der Waals surface area contributed by atoms with Crippen LogP contribution in [0.4, 0.5) is 0 Å². The zero-order valence-corrected chi connectivity index (χ0v) is 13.2. The molecule has 1 fully saturated rings. The summed E-state index contributed by atoms with van der Waals surface area (Å²) in [7, 11) is 0. The normalized spacial score (nSPS) is 17.9. The molecule has 0 bridgehead atoms. The van der Waals surface area contributed by atoms with E-state index in [0.29, 0.717) is 0 Å². The molecule has 0 spiro atoms. The molecule has 0 aliphatic carbocycles. The number of H-pyrrole nitrogens is 1. The van der Waals surface area contributed by atoms with Gasteiger partial charge in [-0.3, -0.25) is 0 Å². The Morgan fingerprint density at radius 1 is 1.30 bits per heavy atom. The van der Waals surface area contributed by atoms with E-state index in [1.165, 1.54) is 49.1 Å². The van der Waals surface area contributed by atoms with Gasteiger partial charge in [-0.15, -0.1) is 0 Å². The number of para-hydroxylation sites is 1. The van der Waals surface area contributed by atoms with Crippen molar-refractivity contribution in [1.29, 1.82) is 0 Å². The lowest BCUT2D eigenvalue weighted by molar-refractivity contribution is 0.181. The number of hydrogen-bond donors (Lipinski definition) is 1. The smallest absolute Gasteiger partial charge is 0.178 e. The van der Waals surface area contributed by atoms with Gasteiger partial charge in [0.2, 0.25) is 0 Å². The van der Waals surface area contributed by atoms with Crippen LogP contribution in [0.15, 0.2) is 18.2 Å². The minimum atomic E-state index is 0.754. The number of piperidine rings is 1. The maximum Gasteiger partial charge on any atom is 0.178 e. The Hall–Kier alpha value is -1.13. The maximum absolute atomic E-state index is 5.52. The Bertz CT molecular complexity index is 647. The van der Waals surface area contributed by atoms with Crippen molar-refractivity contribution in [2.75, 3.05) is 19.6 Å². The molecule has 1 aliphatic heterocycles. The summed E-state index contributed by atoms with van der Waals surface area (Å²) in [5, 5.41) is 0. The summed E-state index contributed by atoms with van der Waals surface area (Å²) in [6.45, 7) is 9.08. The summed E-state index contributed by atoms with van der Waals surface area (Å²) >= 11 is 5.52. The fourth-order valence-corrected chi connectivity index (χ4v) is 3.52. The van der Waals surface area contributed by atoms with Gasteiger partial charge in [0.15, 0.2) is 4.77 Å². The SMILES string of the molecule is CCN1CCC(Cn2c(=S)[nH]c3c(C)cccc32)CC1. The van der Waals surface area contributed by atoms with Crippen LogP contribution in [-0.4, -0.2) is 34.1 Å². The van der Waals surface area contributed by atoms with Gasteiger partial charge in [0.05, 0.1) is 11.0 Å². The Morgan fingerprint density at radius 3 is 2.75 bits per heavy atom. The molecule has 0 amide bonds. The lowest BCUT2D eigenvalue weighted by Crippen LogP contribution is -2.34. The average Bonchev–Trinajstić information content (AvgIpc) is 2.78. The highest BCUT2D eigenvalue weighted by Gasteiger charge is 2.19. The van der Waals surface area contributed by atoms with Crippen molar-refractivity contribution in [3.05, 3.63) is 28.5 Å². The number of rotatable bonds is 3. The van der Waals surface area contributed by atoms with Gasteiger partial charge in [-0.25, -0.2) is 0 Å². The number of aromatic amines is 1. The first kappa shape index (κ1) is 13.8. The third-order valence-corrected chi connectivity index (χ3v) is 4.94. The fourth-order valence-electron chi connectivity index (χ4n) is 3.25. The quantitative estimate of drug-likeness (QED) is 0.870. The Balaban J connectivity index is 1.83. The van der Waals surface area contributed by atoms with Crippen molar-refractivity contribution in [2.24, 2.45) is 5.92 Å². The van der Waals surface area contributed by atoms with E-state index in [1.54, 1.807) is 0 Å². The Kier molecular flexibility index (Phi) is 3.94. The van der Waals surface area contributed by atoms with Crippen molar-refractivity contribution in [2.45, 2.75) is 33.2 Å². The molecular formula is C16H23N3S. The monoisotopic (exact) mass is 289 g/mol. The molecule has 0 radical (unpaired) electrons. The molecule has 108 valence electrons. The van der Waals surface area contributed by atoms with Gasteiger partial charge in [-0.2, -0.15) is 0 Å². The van der Waals surface area contributed by atoms with Gasteiger partial charge >= 0.3 is 0 Å². The minimum Gasteiger partial charge on any atom is -0.330 e. The third-order valence-electron chi connectivity index (χ3n) is 4.61. The molecule has 4 heteroatoms. The van der Waals surface area contributed by atoms with Crippen LogP contribution >= 0.6 is 12.2 Å². The number of hydrogen-bond acceptors (Lipinski definition) is 2. The van der Waals surface area contributed by atoms with Gasteiger partial charge in [0.25, 0.3) is 0 Å². The average molecular weight is 289 g/mol. The molecule has 0 saturated carbocycles. The van der Waals surface area contributed by atoms with E-state index in [4.69, 9.17) is 12.2 Å². The molecule has 3 rings (SSSR count). The minimum absolute atomic E-state index is 0.754. The molecule has 20 heavy (non-hydrogen) atoms. The molecule has 2 aromatic rings. The zero-order valence-electron chi connectivity index (χ0n) is 12.4. The van der Waals surface area contributed by atoms with E-state index in [2.05, 4.69) is 46.5 Å². The van der Waals surface area contributed by atoms with E-state index in [9.17, 15) is 0 Å². The standard InChI is InChI=1S/C16H23N3S/c1-3-18-9-7-13(8-10-18)11-19-14-6-4-5-12(2)15(14)17-16(19)20/h4-6,13H,3,7-11H2,1-2H3,(H,17,20). The number of nitrogens with one attached hydrogen (secondary N) is 1. The van der Waals surface area contributed by atoms with Crippen LogP contribution in [0, 0.1) is 17.6 Å². The van der Waals surface area contributed by atoms with Crippen LogP contribution in [0.1, 0.15) is 25.3 Å². The summed E-state index contributed by atoms with van der Waals surface area (Å²) in [5.74, 6) is 0.754. The molecule has 1 aromatic carbocycles. The van der Waals surface area contributed by atoms with Crippen LogP contribution < -0.4 is 0 Å². The molecule has 2 heterocycles. The van der Waals surface area contributed by atoms with Crippen molar-refractivity contribution in [3.8, 4) is 0 Å². The number of fused-ring (bicyclic) bond motifs is 1. The predicted molar refractivity (Wildman–Crippen MR) is 86.7 cm³/mol. The van der Waals surface area contributed by atoms with Crippen molar-refractivity contribution in [3.63, 3.8) is 0 Å². The van der Waals surface area contributed by atoms with E-state index < -0.39 is 0 Å². The summed E-state index contributed by atoms with van der Waals surface area (Å²) in [6.07, 6.45) is 2.57. The summed E-state index contributed by atoms with van der Waals surface area (Å²) in [5.41, 5.74) is 3.73. The number of imidazole rings is 1.